The van der Waals surface area contributed by atoms with E-state index >= 15 is 0 Å². The van der Waals surface area contributed by atoms with Crippen LogP contribution in [0.3, 0.4) is 0 Å². The smallest absolute Gasteiger partial charge is 0.338 e. The van der Waals surface area contributed by atoms with Gasteiger partial charge in [0.2, 0.25) is 0 Å². The quantitative estimate of drug-likeness (QED) is 0.452. The zero-order chi connectivity index (χ0) is 24.8. The number of likely N-dealkylation sites (N-methyl/N-ethyl adjacent to an activating group) is 1. The fourth-order valence-electron chi connectivity index (χ4n) is 3.70. The largest absolute Gasteiger partial charge is 0.487 e. The van der Waals surface area contributed by atoms with Gasteiger partial charge in [0.05, 0.1) is 23.9 Å². The Morgan fingerprint density at radius 2 is 1.69 bits per heavy atom. The summed E-state index contributed by atoms with van der Waals surface area (Å²) in [6.07, 6.45) is 0. The summed E-state index contributed by atoms with van der Waals surface area (Å²) in [5.41, 5.74) is 1.23. The molecule has 0 aromatic heterocycles. The highest BCUT2D eigenvalue weighted by molar-refractivity contribution is 5.95. The second-order valence-corrected chi connectivity index (χ2v) is 7.75. The first kappa shape index (κ1) is 23.8. The van der Waals surface area contributed by atoms with Crippen LogP contribution < -0.4 is 14.8 Å². The van der Waals surface area contributed by atoms with Gasteiger partial charge in [-0.2, -0.15) is 0 Å². The maximum absolute atomic E-state index is 13.3. The van der Waals surface area contributed by atoms with E-state index in [2.05, 4.69) is 5.32 Å². The lowest BCUT2D eigenvalue weighted by Crippen LogP contribution is -2.48. The van der Waals surface area contributed by atoms with Crippen LogP contribution in [0.4, 0.5) is 9.18 Å². The molecular formula is C27H25FN2O5. The van der Waals surface area contributed by atoms with Crippen molar-refractivity contribution in [3.05, 3.63) is 102 Å². The molecule has 1 aliphatic heterocycles. The Morgan fingerprint density at radius 1 is 0.971 bits per heavy atom. The van der Waals surface area contributed by atoms with Crippen molar-refractivity contribution in [2.45, 2.75) is 13.0 Å². The molecule has 1 aliphatic rings. The van der Waals surface area contributed by atoms with Gasteiger partial charge < -0.3 is 19.5 Å². The van der Waals surface area contributed by atoms with Crippen LogP contribution >= 0.6 is 0 Å². The summed E-state index contributed by atoms with van der Waals surface area (Å²) in [6, 6.07) is 20.7. The number of carbonyl (C=O) groups is 2. The molecule has 3 aromatic carbocycles. The topological polar surface area (TPSA) is 77.1 Å². The summed E-state index contributed by atoms with van der Waals surface area (Å²) in [7, 11) is 1.54. The van der Waals surface area contributed by atoms with E-state index in [1.165, 1.54) is 29.2 Å². The average Bonchev–Trinajstić information content (AvgIpc) is 2.86. The van der Waals surface area contributed by atoms with Gasteiger partial charge in [0.1, 0.15) is 29.7 Å². The standard InChI is InChI=1S/C27H25FN2O5/c1-3-33-26(31)24-23(17-34-20-14-12-19(28)13-15-20)30(2)27(32)29-25(24)18-8-7-11-22(16-18)35-21-9-5-4-6-10-21/h4-16,25H,3,17H2,1-2H3,(H,29,32)/t25-/m1/s1. The molecule has 0 unspecified atom stereocenters. The molecule has 0 fully saturated rings. The Balaban J connectivity index is 1.70. The number of halogens is 1. The third kappa shape index (κ3) is 5.60. The van der Waals surface area contributed by atoms with Gasteiger partial charge in [-0.3, -0.25) is 4.90 Å². The molecule has 7 nitrogen and oxygen atoms in total. The number of carbonyl (C=O) groups excluding carboxylic acids is 2. The van der Waals surface area contributed by atoms with Gasteiger partial charge in [-0.05, 0) is 61.0 Å². The Labute approximate surface area is 202 Å². The maximum Gasteiger partial charge on any atom is 0.338 e. The summed E-state index contributed by atoms with van der Waals surface area (Å²) in [6.45, 7) is 1.78. The Bertz CT molecular complexity index is 1230. The lowest BCUT2D eigenvalue weighted by molar-refractivity contribution is -0.139. The van der Waals surface area contributed by atoms with Crippen molar-refractivity contribution in [2.75, 3.05) is 20.3 Å². The number of rotatable bonds is 8. The molecule has 3 aromatic rings. The summed E-state index contributed by atoms with van der Waals surface area (Å²) < 4.78 is 30.3. The van der Waals surface area contributed by atoms with Crippen LogP contribution in [0.1, 0.15) is 18.5 Å². The molecular weight excluding hydrogens is 451 g/mol. The van der Waals surface area contributed by atoms with Gasteiger partial charge in [0.25, 0.3) is 0 Å². The number of amides is 2. The first-order valence-electron chi connectivity index (χ1n) is 11.1. The van der Waals surface area contributed by atoms with Gasteiger partial charge in [0, 0.05) is 7.05 Å². The number of hydrogen-bond donors (Lipinski definition) is 1. The molecule has 0 radical (unpaired) electrons. The van der Waals surface area contributed by atoms with E-state index < -0.39 is 23.9 Å². The number of nitrogens with one attached hydrogen (secondary N) is 1. The molecule has 0 saturated carbocycles. The number of hydrogen-bond acceptors (Lipinski definition) is 5. The average molecular weight is 477 g/mol. The van der Waals surface area contributed by atoms with Crippen LogP contribution in [0.25, 0.3) is 0 Å². The summed E-state index contributed by atoms with van der Waals surface area (Å²) >= 11 is 0. The normalized spacial score (nSPS) is 15.5. The zero-order valence-corrected chi connectivity index (χ0v) is 19.4. The Kier molecular flexibility index (Phi) is 7.30. The van der Waals surface area contributed by atoms with Gasteiger partial charge in [-0.15, -0.1) is 0 Å². The second kappa shape index (κ2) is 10.7. The fraction of sp³-hybridized carbons (Fsp3) is 0.185. The molecule has 1 atom stereocenters. The molecule has 0 bridgehead atoms. The van der Waals surface area contributed by atoms with E-state index in [1.807, 2.05) is 30.3 Å². The number of ether oxygens (including phenoxy) is 3. The zero-order valence-electron chi connectivity index (χ0n) is 19.4. The molecule has 0 spiro atoms. The van der Waals surface area contributed by atoms with Crippen molar-refractivity contribution in [3.8, 4) is 17.2 Å². The molecule has 180 valence electrons. The first-order chi connectivity index (χ1) is 17.0. The summed E-state index contributed by atoms with van der Waals surface area (Å²) in [5.74, 6) is 0.643. The van der Waals surface area contributed by atoms with Crippen molar-refractivity contribution in [1.29, 1.82) is 0 Å². The minimum atomic E-state index is -0.788. The van der Waals surface area contributed by atoms with Crippen molar-refractivity contribution < 1.29 is 28.2 Å². The lowest BCUT2D eigenvalue weighted by atomic mass is 9.94. The van der Waals surface area contributed by atoms with Crippen molar-refractivity contribution in [3.63, 3.8) is 0 Å². The fourth-order valence-corrected chi connectivity index (χ4v) is 3.70. The van der Waals surface area contributed by atoms with Crippen LogP contribution in [0, 0.1) is 5.82 Å². The van der Waals surface area contributed by atoms with E-state index in [0.29, 0.717) is 28.5 Å². The van der Waals surface area contributed by atoms with Crippen LogP contribution in [0.5, 0.6) is 17.2 Å². The number of nitrogens with zero attached hydrogens (tertiary/aromatic N) is 1. The highest BCUT2D eigenvalue weighted by atomic mass is 19.1. The number of urea groups is 1. The van der Waals surface area contributed by atoms with Crippen LogP contribution in [0.2, 0.25) is 0 Å². The Morgan fingerprint density at radius 3 is 2.40 bits per heavy atom. The number of para-hydroxylation sites is 1. The second-order valence-electron chi connectivity index (χ2n) is 7.75. The van der Waals surface area contributed by atoms with E-state index in [1.54, 1.807) is 38.2 Å². The highest BCUT2D eigenvalue weighted by Crippen LogP contribution is 2.33. The summed E-state index contributed by atoms with van der Waals surface area (Å²) in [4.78, 5) is 27.2. The monoisotopic (exact) mass is 476 g/mol. The minimum Gasteiger partial charge on any atom is -0.487 e. The Hall–Kier alpha value is -4.33. The van der Waals surface area contributed by atoms with Crippen molar-refractivity contribution in [1.82, 2.24) is 10.2 Å². The molecule has 8 heteroatoms. The molecule has 1 N–H and O–H groups in total. The van der Waals surface area contributed by atoms with Crippen LogP contribution in [0.15, 0.2) is 90.1 Å². The lowest BCUT2D eigenvalue weighted by Gasteiger charge is -2.34. The predicted octanol–water partition coefficient (Wildman–Crippen LogP) is 5.21. The third-order valence-electron chi connectivity index (χ3n) is 5.43. The molecule has 2 amide bonds. The first-order valence-corrected chi connectivity index (χ1v) is 11.1. The molecule has 1 heterocycles. The van der Waals surface area contributed by atoms with E-state index in [0.717, 1.165) is 0 Å². The highest BCUT2D eigenvalue weighted by Gasteiger charge is 2.37. The van der Waals surface area contributed by atoms with Crippen molar-refractivity contribution >= 4 is 12.0 Å². The van der Waals surface area contributed by atoms with E-state index in [-0.39, 0.29) is 18.8 Å². The van der Waals surface area contributed by atoms with Gasteiger partial charge in [0.15, 0.2) is 0 Å². The number of benzene rings is 3. The maximum atomic E-state index is 13.3. The van der Waals surface area contributed by atoms with Gasteiger partial charge in [-0.25, -0.2) is 14.0 Å². The predicted molar refractivity (Wildman–Crippen MR) is 128 cm³/mol. The molecule has 35 heavy (non-hydrogen) atoms. The van der Waals surface area contributed by atoms with Crippen LogP contribution in [-0.2, 0) is 9.53 Å². The number of esters is 1. The van der Waals surface area contributed by atoms with E-state index in [4.69, 9.17) is 14.2 Å². The minimum absolute atomic E-state index is 0.0968. The van der Waals surface area contributed by atoms with Gasteiger partial charge >= 0.3 is 12.0 Å². The molecule has 4 rings (SSSR count). The SMILES string of the molecule is CCOC(=O)C1=C(COc2ccc(F)cc2)N(C)C(=O)N[C@@H]1c1cccc(Oc2ccccc2)c1. The summed E-state index contributed by atoms with van der Waals surface area (Å²) in [5, 5.41) is 2.87. The van der Waals surface area contributed by atoms with Crippen molar-refractivity contribution in [2.24, 2.45) is 0 Å². The van der Waals surface area contributed by atoms with E-state index in [9.17, 15) is 14.0 Å². The van der Waals surface area contributed by atoms with Gasteiger partial charge in [-0.1, -0.05) is 30.3 Å². The third-order valence-corrected chi connectivity index (χ3v) is 5.43. The van der Waals surface area contributed by atoms with Crippen LogP contribution in [-0.4, -0.2) is 37.2 Å². The molecule has 0 aliphatic carbocycles. The molecule has 0 saturated heterocycles.